The molecule has 0 unspecified atom stereocenters. The standard InChI is InChI=1S/C24H27F5O/c1-2-3-4-17-5-7-18(8-6-17)19-9-11-21(12-10-19)24(28,29)30-22-15-13-20(14-16-22)23(25,26)27/h9-18H,2-8H2,1H3. The molecule has 0 N–H and O–H groups in total. The summed E-state index contributed by atoms with van der Waals surface area (Å²) in [6, 6.07) is 9.40. The van der Waals surface area contributed by atoms with Crippen LogP contribution in [0.1, 0.15) is 74.5 Å². The lowest BCUT2D eigenvalue weighted by Crippen LogP contribution is -2.22. The number of rotatable bonds is 7. The molecule has 2 aromatic rings. The topological polar surface area (TPSA) is 9.23 Å². The third-order valence-corrected chi connectivity index (χ3v) is 5.96. The lowest BCUT2D eigenvalue weighted by molar-refractivity contribution is -0.185. The van der Waals surface area contributed by atoms with Crippen LogP contribution in [0.25, 0.3) is 0 Å². The summed E-state index contributed by atoms with van der Waals surface area (Å²) in [5.41, 5.74) is -0.173. The van der Waals surface area contributed by atoms with E-state index < -0.39 is 17.8 Å². The second kappa shape index (κ2) is 9.36. The molecule has 0 atom stereocenters. The molecule has 0 radical (unpaired) electrons. The number of unbranched alkanes of at least 4 members (excludes halogenated alkanes) is 1. The van der Waals surface area contributed by atoms with Crippen LogP contribution in [-0.4, -0.2) is 0 Å². The summed E-state index contributed by atoms with van der Waals surface area (Å²) in [6.45, 7) is 2.20. The lowest BCUT2D eigenvalue weighted by atomic mass is 9.77. The van der Waals surface area contributed by atoms with E-state index in [1.54, 1.807) is 12.1 Å². The van der Waals surface area contributed by atoms with Gasteiger partial charge in [-0.1, -0.05) is 38.3 Å². The maximum absolute atomic E-state index is 14.5. The molecule has 1 aliphatic rings. The van der Waals surface area contributed by atoms with Crippen molar-refractivity contribution in [2.75, 3.05) is 0 Å². The summed E-state index contributed by atoms with van der Waals surface area (Å²) in [4.78, 5) is 0. The molecule has 0 spiro atoms. The molecule has 0 heterocycles. The van der Waals surface area contributed by atoms with Gasteiger partial charge in [0, 0.05) is 0 Å². The van der Waals surface area contributed by atoms with Crippen LogP contribution >= 0.6 is 0 Å². The molecule has 6 heteroatoms. The Bertz CT molecular complexity index is 788. The SMILES string of the molecule is CCCCC1CCC(c2ccc(C(F)(F)Oc3ccc(C(F)(F)F)cc3)cc2)CC1. The van der Waals surface area contributed by atoms with Gasteiger partial charge in [0.25, 0.3) is 0 Å². The molecule has 1 nitrogen and oxygen atoms in total. The Labute approximate surface area is 174 Å². The third-order valence-electron chi connectivity index (χ3n) is 5.96. The summed E-state index contributed by atoms with van der Waals surface area (Å²) in [5.74, 6) is 0.853. The van der Waals surface area contributed by atoms with Crippen LogP contribution in [0.4, 0.5) is 22.0 Å². The highest BCUT2D eigenvalue weighted by molar-refractivity contribution is 5.31. The van der Waals surface area contributed by atoms with Crippen molar-refractivity contribution < 1.29 is 26.7 Å². The van der Waals surface area contributed by atoms with Crippen molar-refractivity contribution in [3.8, 4) is 5.75 Å². The summed E-state index contributed by atoms with van der Waals surface area (Å²) < 4.78 is 71.4. The first-order valence-electron chi connectivity index (χ1n) is 10.5. The van der Waals surface area contributed by atoms with Crippen LogP contribution in [0.5, 0.6) is 5.75 Å². The van der Waals surface area contributed by atoms with E-state index in [2.05, 4.69) is 6.92 Å². The highest BCUT2D eigenvalue weighted by atomic mass is 19.4. The Balaban J connectivity index is 1.61. The highest BCUT2D eigenvalue weighted by Gasteiger charge is 2.35. The Hall–Kier alpha value is -2.11. The second-order valence-electron chi connectivity index (χ2n) is 8.12. The molecule has 0 amide bonds. The van der Waals surface area contributed by atoms with Gasteiger partial charge in [-0.3, -0.25) is 0 Å². The van der Waals surface area contributed by atoms with Gasteiger partial charge in [0.15, 0.2) is 0 Å². The van der Waals surface area contributed by atoms with E-state index in [1.165, 1.54) is 44.2 Å². The molecule has 0 aliphatic heterocycles. The van der Waals surface area contributed by atoms with Gasteiger partial charge in [-0.2, -0.15) is 22.0 Å². The van der Waals surface area contributed by atoms with Gasteiger partial charge >= 0.3 is 12.3 Å². The van der Waals surface area contributed by atoms with E-state index in [0.717, 1.165) is 48.6 Å². The zero-order chi connectivity index (χ0) is 21.8. The normalized spacial score (nSPS) is 20.2. The van der Waals surface area contributed by atoms with Crippen LogP contribution in [0, 0.1) is 5.92 Å². The van der Waals surface area contributed by atoms with Gasteiger partial charge in [0.05, 0.1) is 11.1 Å². The molecule has 1 aliphatic carbocycles. The first-order valence-corrected chi connectivity index (χ1v) is 10.5. The van der Waals surface area contributed by atoms with Crippen molar-refractivity contribution in [3.63, 3.8) is 0 Å². The fraction of sp³-hybridized carbons (Fsp3) is 0.500. The van der Waals surface area contributed by atoms with Crippen LogP contribution in [-0.2, 0) is 12.3 Å². The van der Waals surface area contributed by atoms with Crippen molar-refractivity contribution in [2.24, 2.45) is 5.92 Å². The minimum atomic E-state index is -4.52. The van der Waals surface area contributed by atoms with E-state index in [9.17, 15) is 22.0 Å². The molecule has 1 saturated carbocycles. The van der Waals surface area contributed by atoms with Gasteiger partial charge in [0.2, 0.25) is 0 Å². The molecule has 0 bridgehead atoms. The van der Waals surface area contributed by atoms with E-state index >= 15 is 0 Å². The average molecular weight is 426 g/mol. The maximum Gasteiger partial charge on any atom is 0.426 e. The Kier molecular flexibility index (Phi) is 7.04. The van der Waals surface area contributed by atoms with E-state index in [4.69, 9.17) is 4.74 Å². The van der Waals surface area contributed by atoms with Gasteiger partial charge in [0.1, 0.15) is 5.75 Å². The van der Waals surface area contributed by atoms with Crippen molar-refractivity contribution in [2.45, 2.75) is 70.1 Å². The molecule has 1 fully saturated rings. The summed E-state index contributed by atoms with van der Waals surface area (Å²) >= 11 is 0. The van der Waals surface area contributed by atoms with Gasteiger partial charge in [-0.15, -0.1) is 0 Å². The monoisotopic (exact) mass is 426 g/mol. The predicted octanol–water partition coefficient (Wildman–Crippen LogP) is 8.30. The summed E-state index contributed by atoms with van der Waals surface area (Å²) in [5, 5.41) is 0. The number of ether oxygens (including phenoxy) is 1. The van der Waals surface area contributed by atoms with E-state index in [0.29, 0.717) is 5.92 Å². The Morgan fingerprint density at radius 3 is 1.90 bits per heavy atom. The van der Waals surface area contributed by atoms with Crippen molar-refractivity contribution >= 4 is 0 Å². The van der Waals surface area contributed by atoms with Crippen molar-refractivity contribution in [3.05, 3.63) is 65.2 Å². The fourth-order valence-corrected chi connectivity index (χ4v) is 4.15. The number of benzene rings is 2. The quantitative estimate of drug-likeness (QED) is 0.405. The van der Waals surface area contributed by atoms with Gasteiger partial charge in [-0.05, 0) is 79.5 Å². The molecule has 164 valence electrons. The van der Waals surface area contributed by atoms with Gasteiger partial charge in [-0.25, -0.2) is 0 Å². The fourth-order valence-electron chi connectivity index (χ4n) is 4.15. The van der Waals surface area contributed by atoms with Crippen LogP contribution in [0.2, 0.25) is 0 Å². The molecule has 0 aromatic heterocycles. The van der Waals surface area contributed by atoms with Crippen molar-refractivity contribution in [1.82, 2.24) is 0 Å². The van der Waals surface area contributed by atoms with Crippen molar-refractivity contribution in [1.29, 1.82) is 0 Å². The Morgan fingerprint density at radius 1 is 0.800 bits per heavy atom. The molecule has 30 heavy (non-hydrogen) atoms. The minimum absolute atomic E-state index is 0.317. The van der Waals surface area contributed by atoms with Crippen LogP contribution in [0.3, 0.4) is 0 Å². The summed E-state index contributed by atoms with van der Waals surface area (Å²) in [6.07, 6.45) is 0.109. The summed E-state index contributed by atoms with van der Waals surface area (Å²) in [7, 11) is 0. The largest absolute Gasteiger partial charge is 0.429 e. The predicted molar refractivity (Wildman–Crippen MR) is 107 cm³/mol. The third kappa shape index (κ3) is 5.73. The molecular weight excluding hydrogens is 399 g/mol. The number of hydrogen-bond donors (Lipinski definition) is 0. The Morgan fingerprint density at radius 2 is 1.37 bits per heavy atom. The minimum Gasteiger partial charge on any atom is -0.429 e. The van der Waals surface area contributed by atoms with Crippen LogP contribution < -0.4 is 4.74 Å². The van der Waals surface area contributed by atoms with E-state index in [1.807, 2.05) is 0 Å². The average Bonchev–Trinajstić information content (AvgIpc) is 2.72. The molecule has 2 aromatic carbocycles. The zero-order valence-electron chi connectivity index (χ0n) is 17.0. The smallest absolute Gasteiger partial charge is 0.426 e. The maximum atomic E-state index is 14.5. The first-order chi connectivity index (χ1) is 14.2. The van der Waals surface area contributed by atoms with Crippen LogP contribution in [0.15, 0.2) is 48.5 Å². The molecule has 3 rings (SSSR count). The number of alkyl halides is 5. The highest BCUT2D eigenvalue weighted by Crippen LogP contribution is 2.39. The first kappa shape index (κ1) is 22.6. The molecule has 0 saturated heterocycles. The lowest BCUT2D eigenvalue weighted by Gasteiger charge is -2.29. The van der Waals surface area contributed by atoms with Gasteiger partial charge < -0.3 is 4.74 Å². The second-order valence-corrected chi connectivity index (χ2v) is 8.12. The molecular formula is C24H27F5O. The number of halogens is 5. The van der Waals surface area contributed by atoms with E-state index in [-0.39, 0.29) is 11.3 Å². The zero-order valence-corrected chi connectivity index (χ0v) is 17.0. The number of hydrogen-bond acceptors (Lipinski definition) is 1.